The van der Waals surface area contributed by atoms with E-state index in [-0.39, 0.29) is 17.8 Å². The van der Waals surface area contributed by atoms with Crippen molar-refractivity contribution in [3.05, 3.63) is 24.0 Å². The van der Waals surface area contributed by atoms with Gasteiger partial charge in [-0.25, -0.2) is 0 Å². The summed E-state index contributed by atoms with van der Waals surface area (Å²) in [6.07, 6.45) is 5.65. The Morgan fingerprint density at radius 3 is 2.73 bits per heavy atom. The Labute approximate surface area is 104 Å². The quantitative estimate of drug-likeness (QED) is 0.357. The highest BCUT2D eigenvalue weighted by molar-refractivity contribution is 14.1. The topological polar surface area (TPSA) is 66.8 Å². The summed E-state index contributed by atoms with van der Waals surface area (Å²) in [5.41, 5.74) is 0. The van der Waals surface area contributed by atoms with Crippen molar-refractivity contribution < 1.29 is 17.4 Å². The van der Waals surface area contributed by atoms with E-state index < -0.39 is 7.60 Å². The van der Waals surface area contributed by atoms with Crippen LogP contribution in [0, 0.1) is 5.92 Å². The second-order valence-corrected chi connectivity index (χ2v) is 5.40. The lowest BCUT2D eigenvalue weighted by Gasteiger charge is -2.26. The van der Waals surface area contributed by atoms with Crippen molar-refractivity contribution in [1.29, 1.82) is 0 Å². The van der Waals surface area contributed by atoms with Crippen LogP contribution >= 0.6 is 30.6 Å². The lowest BCUT2D eigenvalue weighted by Crippen LogP contribution is -2.21. The van der Waals surface area contributed by atoms with Crippen molar-refractivity contribution in [3.63, 3.8) is 0 Å². The van der Waals surface area contributed by atoms with Gasteiger partial charge in [0.1, 0.15) is 23.0 Å². The van der Waals surface area contributed by atoms with Crippen LogP contribution in [-0.4, -0.2) is 23.7 Å². The molecule has 3 atom stereocenters. The van der Waals surface area contributed by atoms with Crippen molar-refractivity contribution >= 4 is 38.4 Å². The summed E-state index contributed by atoms with van der Waals surface area (Å²) in [7, 11) is 1.68. The van der Waals surface area contributed by atoms with Gasteiger partial charge in [-0.2, -0.15) is 0 Å². The fourth-order valence-corrected chi connectivity index (χ4v) is 2.35. The molecule has 0 aliphatic heterocycles. The minimum Gasteiger partial charge on any atom is -0.321 e. The predicted molar refractivity (Wildman–Crippen MR) is 66.8 cm³/mol. The van der Waals surface area contributed by atoms with Crippen LogP contribution in [0.4, 0.5) is 0 Å². The van der Waals surface area contributed by atoms with Crippen LogP contribution in [-0.2, 0) is 7.63 Å². The van der Waals surface area contributed by atoms with Gasteiger partial charge in [0, 0.05) is 5.82 Å². The molecule has 0 aromatic carbocycles. The second-order valence-electron chi connectivity index (χ2n) is 3.42. The molecule has 0 saturated heterocycles. The Kier molecular flexibility index (Phi) is 5.05. The summed E-state index contributed by atoms with van der Waals surface area (Å²) in [5, 5.41) is 0. The standard InChI is InChI=1S/C8H11BIO4P/c9-7-2-1-6(5-8(7)14-10)3-4-15(11,12)13/h1-4,6-8H,5H2,(H2,11,12,13)/b4-3+. The van der Waals surface area contributed by atoms with Gasteiger partial charge in [0.25, 0.3) is 0 Å². The molecule has 0 spiro atoms. The summed E-state index contributed by atoms with van der Waals surface area (Å²) >= 11 is 1.78. The highest BCUT2D eigenvalue weighted by Gasteiger charge is 2.22. The zero-order valence-corrected chi connectivity index (χ0v) is 10.9. The summed E-state index contributed by atoms with van der Waals surface area (Å²) in [6.45, 7) is 0. The third-order valence-electron chi connectivity index (χ3n) is 2.16. The zero-order valence-electron chi connectivity index (χ0n) is 7.86. The van der Waals surface area contributed by atoms with Gasteiger partial charge >= 0.3 is 7.60 Å². The third-order valence-corrected chi connectivity index (χ3v) is 3.37. The predicted octanol–water partition coefficient (Wildman–Crippen LogP) is 1.95. The number of halogens is 1. The first kappa shape index (κ1) is 13.4. The van der Waals surface area contributed by atoms with Crippen LogP contribution in [0.2, 0.25) is 5.82 Å². The third kappa shape index (κ3) is 4.82. The van der Waals surface area contributed by atoms with E-state index in [9.17, 15) is 4.57 Å². The van der Waals surface area contributed by atoms with Crippen LogP contribution in [0.5, 0.6) is 0 Å². The van der Waals surface area contributed by atoms with Gasteiger partial charge in [-0.1, -0.05) is 18.2 Å². The van der Waals surface area contributed by atoms with Crippen molar-refractivity contribution in [3.8, 4) is 0 Å². The van der Waals surface area contributed by atoms with E-state index in [2.05, 4.69) is 0 Å². The smallest absolute Gasteiger partial charge is 0.321 e. The highest BCUT2D eigenvalue weighted by atomic mass is 127. The van der Waals surface area contributed by atoms with E-state index in [1.807, 2.05) is 6.08 Å². The highest BCUT2D eigenvalue weighted by Crippen LogP contribution is 2.38. The average Bonchev–Trinajstić information content (AvgIpc) is 2.15. The van der Waals surface area contributed by atoms with Crippen LogP contribution in [0.1, 0.15) is 6.42 Å². The SMILES string of the molecule is [B]C1C=CC(/C=C/P(=O)(O)O)CC1OI. The summed E-state index contributed by atoms with van der Waals surface area (Å²) in [6, 6.07) is 0. The fraction of sp³-hybridized carbons (Fsp3) is 0.500. The average molecular weight is 340 g/mol. The van der Waals surface area contributed by atoms with E-state index in [4.69, 9.17) is 20.7 Å². The molecule has 4 nitrogen and oxygen atoms in total. The van der Waals surface area contributed by atoms with E-state index in [0.29, 0.717) is 6.42 Å². The van der Waals surface area contributed by atoms with Crippen molar-refractivity contribution in [2.45, 2.75) is 18.3 Å². The van der Waals surface area contributed by atoms with Crippen molar-refractivity contribution in [2.24, 2.45) is 5.92 Å². The minimum absolute atomic E-state index is 0.0304. The summed E-state index contributed by atoms with van der Waals surface area (Å²) in [4.78, 5) is 17.3. The molecule has 82 valence electrons. The number of hydrogen-bond acceptors (Lipinski definition) is 2. The maximum atomic E-state index is 10.6. The lowest BCUT2D eigenvalue weighted by atomic mass is 9.75. The Bertz CT molecular complexity index is 314. The molecule has 1 aliphatic rings. The van der Waals surface area contributed by atoms with Gasteiger partial charge in [-0.05, 0) is 18.2 Å². The van der Waals surface area contributed by atoms with Gasteiger partial charge < -0.3 is 12.9 Å². The van der Waals surface area contributed by atoms with Crippen LogP contribution < -0.4 is 0 Å². The minimum atomic E-state index is -4.06. The molecule has 0 heterocycles. The van der Waals surface area contributed by atoms with Gasteiger partial charge in [-0.3, -0.25) is 4.57 Å². The molecule has 1 rings (SSSR count). The molecule has 3 unspecified atom stereocenters. The van der Waals surface area contributed by atoms with Gasteiger partial charge in [0.05, 0.1) is 14.0 Å². The molecule has 1 aliphatic carbocycles. The maximum Gasteiger partial charge on any atom is 0.348 e. The maximum absolute atomic E-state index is 10.6. The molecule has 0 aromatic heterocycles. The van der Waals surface area contributed by atoms with Crippen molar-refractivity contribution in [1.82, 2.24) is 0 Å². The van der Waals surface area contributed by atoms with Crippen molar-refractivity contribution in [2.75, 3.05) is 0 Å². The van der Waals surface area contributed by atoms with Crippen LogP contribution in [0.3, 0.4) is 0 Å². The first-order valence-corrected chi connectivity index (χ1v) is 6.94. The van der Waals surface area contributed by atoms with Crippen LogP contribution in [0.25, 0.3) is 0 Å². The Morgan fingerprint density at radius 2 is 2.20 bits per heavy atom. The molecular formula is C8H11BIO4P. The Hall–Kier alpha value is 0.385. The van der Waals surface area contributed by atoms with E-state index in [1.54, 1.807) is 29.1 Å². The monoisotopic (exact) mass is 340 g/mol. The Morgan fingerprint density at radius 1 is 1.53 bits per heavy atom. The fourth-order valence-electron chi connectivity index (χ4n) is 1.36. The summed E-state index contributed by atoms with van der Waals surface area (Å²) in [5.74, 6) is 0.738. The number of hydrogen-bond donors (Lipinski definition) is 2. The van der Waals surface area contributed by atoms with Crippen LogP contribution in [0.15, 0.2) is 24.0 Å². The molecule has 15 heavy (non-hydrogen) atoms. The molecule has 0 bridgehead atoms. The van der Waals surface area contributed by atoms with Gasteiger partial charge in [0.2, 0.25) is 0 Å². The first-order chi connectivity index (χ1) is 6.92. The molecule has 0 fully saturated rings. The zero-order chi connectivity index (χ0) is 11.5. The van der Waals surface area contributed by atoms with Gasteiger partial charge in [0.15, 0.2) is 0 Å². The van der Waals surface area contributed by atoms with E-state index in [1.165, 1.54) is 6.08 Å². The van der Waals surface area contributed by atoms with Gasteiger partial charge in [-0.15, -0.1) is 0 Å². The molecule has 0 aromatic rings. The molecule has 2 N–H and O–H groups in total. The second kappa shape index (κ2) is 5.64. The largest absolute Gasteiger partial charge is 0.348 e. The van der Waals surface area contributed by atoms with E-state index >= 15 is 0 Å². The Balaban J connectivity index is 2.63. The number of rotatable bonds is 3. The molecule has 0 amide bonds. The first-order valence-electron chi connectivity index (χ1n) is 4.38. The van der Waals surface area contributed by atoms with E-state index in [0.717, 1.165) is 5.82 Å². The lowest BCUT2D eigenvalue weighted by molar-refractivity contribution is 0.251. The molecular weight excluding hydrogens is 329 g/mol. The molecule has 0 saturated carbocycles. The molecule has 2 radical (unpaired) electrons. The summed E-state index contributed by atoms with van der Waals surface area (Å²) < 4.78 is 15.7. The molecule has 7 heteroatoms. The normalized spacial score (nSPS) is 32.3. The number of allylic oxidation sites excluding steroid dienone is 2.